The van der Waals surface area contributed by atoms with Crippen molar-refractivity contribution in [3.8, 4) is 0 Å². The molecule has 1 aromatic heterocycles. The van der Waals surface area contributed by atoms with Gasteiger partial charge in [0.15, 0.2) is 0 Å². The van der Waals surface area contributed by atoms with Crippen LogP contribution in [0.1, 0.15) is 0 Å². The van der Waals surface area contributed by atoms with E-state index in [2.05, 4.69) is 15.5 Å². The van der Waals surface area contributed by atoms with Crippen LogP contribution >= 0.6 is 0 Å². The molecule has 0 atom stereocenters. The van der Waals surface area contributed by atoms with Crippen LogP contribution in [-0.2, 0) is 9.53 Å². The zero-order chi connectivity index (χ0) is 12.8. The Morgan fingerprint density at radius 1 is 1.39 bits per heavy atom. The van der Waals surface area contributed by atoms with E-state index in [1.165, 1.54) is 0 Å². The third-order valence-corrected chi connectivity index (χ3v) is 2.35. The monoisotopic (exact) mass is 246 g/mol. The summed E-state index contributed by atoms with van der Waals surface area (Å²) in [6.45, 7) is 0.916. The fraction of sp³-hybridized carbons (Fsp3) is 0.250. The largest absolute Gasteiger partial charge is 0.381 e. The molecule has 1 amide bonds. The number of carbonyl (C=O) groups is 1. The molecule has 0 saturated carbocycles. The van der Waals surface area contributed by atoms with Crippen LogP contribution in [-0.4, -0.2) is 35.9 Å². The van der Waals surface area contributed by atoms with Crippen LogP contribution < -0.4 is 11.1 Å². The van der Waals surface area contributed by atoms with E-state index in [1.54, 1.807) is 6.20 Å². The molecule has 0 fully saturated rings. The smallest absolute Gasteiger partial charge is 0.243 e. The van der Waals surface area contributed by atoms with E-state index in [4.69, 9.17) is 10.5 Å². The first-order chi connectivity index (χ1) is 8.77. The maximum atomic E-state index is 10.5. The highest BCUT2D eigenvalue weighted by Crippen LogP contribution is 2.19. The molecule has 0 aliphatic rings. The van der Waals surface area contributed by atoms with Gasteiger partial charge in [0.25, 0.3) is 0 Å². The average molecular weight is 246 g/mol. The average Bonchev–Trinajstić information content (AvgIpc) is 2.38. The summed E-state index contributed by atoms with van der Waals surface area (Å²) in [4.78, 5) is 10.5. The Morgan fingerprint density at radius 2 is 2.22 bits per heavy atom. The summed E-state index contributed by atoms with van der Waals surface area (Å²) in [5, 5.41) is 12.1. The zero-order valence-corrected chi connectivity index (χ0v) is 9.80. The number of nitrogens with one attached hydrogen (secondary N) is 1. The van der Waals surface area contributed by atoms with Crippen LogP contribution in [0.15, 0.2) is 30.5 Å². The molecule has 0 unspecified atom stereocenters. The molecular weight excluding hydrogens is 232 g/mol. The number of anilines is 1. The molecule has 3 N–H and O–H groups in total. The number of nitrogens with two attached hydrogens (primary N) is 1. The second-order valence-electron chi connectivity index (χ2n) is 3.72. The summed E-state index contributed by atoms with van der Waals surface area (Å²) in [7, 11) is 0. The molecular formula is C12H14N4O2. The number of rotatable bonds is 6. The molecule has 0 saturated heterocycles. The van der Waals surface area contributed by atoms with Crippen LogP contribution in [0.25, 0.3) is 10.9 Å². The number of ether oxygens (including phenoxy) is 1. The summed E-state index contributed by atoms with van der Waals surface area (Å²) < 4.78 is 5.06. The lowest BCUT2D eigenvalue weighted by atomic mass is 10.2. The summed E-state index contributed by atoms with van der Waals surface area (Å²) in [6.07, 6.45) is 1.66. The van der Waals surface area contributed by atoms with E-state index in [1.807, 2.05) is 24.3 Å². The maximum absolute atomic E-state index is 10.5. The first-order valence-electron chi connectivity index (χ1n) is 5.58. The normalized spacial score (nSPS) is 10.4. The second-order valence-corrected chi connectivity index (χ2v) is 3.72. The summed E-state index contributed by atoms with van der Waals surface area (Å²) >= 11 is 0. The molecule has 2 rings (SSSR count). The molecule has 94 valence electrons. The molecule has 2 aromatic rings. The van der Waals surface area contributed by atoms with Crippen molar-refractivity contribution in [2.45, 2.75) is 0 Å². The number of aromatic nitrogens is 2. The standard InChI is InChI=1S/C12H14N4O2/c13-12(17)8-18-6-5-14-11-7-15-16-10-4-2-1-3-9(10)11/h1-4,7H,5-6,8H2,(H2,13,17)(H,14,16). The Balaban J connectivity index is 1.93. The van der Waals surface area contributed by atoms with Gasteiger partial charge in [0.1, 0.15) is 6.61 Å². The predicted molar refractivity (Wildman–Crippen MR) is 68.0 cm³/mol. The first kappa shape index (κ1) is 12.3. The van der Waals surface area contributed by atoms with Crippen LogP contribution in [0.5, 0.6) is 0 Å². The highest BCUT2D eigenvalue weighted by atomic mass is 16.5. The van der Waals surface area contributed by atoms with Crippen LogP contribution in [0.3, 0.4) is 0 Å². The summed E-state index contributed by atoms with van der Waals surface area (Å²) in [5.74, 6) is -0.467. The van der Waals surface area contributed by atoms with Gasteiger partial charge in [-0.2, -0.15) is 10.2 Å². The van der Waals surface area contributed by atoms with Crippen molar-refractivity contribution in [1.82, 2.24) is 10.2 Å². The van der Waals surface area contributed by atoms with E-state index in [-0.39, 0.29) is 6.61 Å². The molecule has 0 aliphatic carbocycles. The topological polar surface area (TPSA) is 90.1 Å². The third kappa shape index (κ3) is 3.14. The Morgan fingerprint density at radius 3 is 3.06 bits per heavy atom. The van der Waals surface area contributed by atoms with Gasteiger partial charge in [-0.3, -0.25) is 4.79 Å². The lowest BCUT2D eigenvalue weighted by molar-refractivity contribution is -0.122. The van der Waals surface area contributed by atoms with Crippen molar-refractivity contribution in [2.75, 3.05) is 25.1 Å². The highest BCUT2D eigenvalue weighted by Gasteiger charge is 2.01. The Bertz CT molecular complexity index is 539. The lowest BCUT2D eigenvalue weighted by Crippen LogP contribution is -2.20. The number of benzene rings is 1. The SMILES string of the molecule is NC(=O)COCCNc1cnnc2ccccc12. The summed E-state index contributed by atoms with van der Waals surface area (Å²) in [6, 6.07) is 7.73. The van der Waals surface area contributed by atoms with E-state index >= 15 is 0 Å². The fourth-order valence-electron chi connectivity index (χ4n) is 1.58. The van der Waals surface area contributed by atoms with Gasteiger partial charge in [0.05, 0.1) is 24.0 Å². The van der Waals surface area contributed by atoms with Crippen molar-refractivity contribution >= 4 is 22.5 Å². The number of amides is 1. The molecule has 6 nitrogen and oxygen atoms in total. The zero-order valence-electron chi connectivity index (χ0n) is 9.80. The molecule has 0 aliphatic heterocycles. The van der Waals surface area contributed by atoms with E-state index in [0.717, 1.165) is 16.6 Å². The lowest BCUT2D eigenvalue weighted by Gasteiger charge is -2.08. The van der Waals surface area contributed by atoms with Crippen molar-refractivity contribution in [3.63, 3.8) is 0 Å². The van der Waals surface area contributed by atoms with E-state index in [9.17, 15) is 4.79 Å². The van der Waals surface area contributed by atoms with Crippen LogP contribution in [0.4, 0.5) is 5.69 Å². The van der Waals surface area contributed by atoms with Gasteiger partial charge in [0.2, 0.25) is 5.91 Å². The van der Waals surface area contributed by atoms with Crippen molar-refractivity contribution in [2.24, 2.45) is 5.73 Å². The Kier molecular flexibility index (Phi) is 4.03. The molecule has 0 spiro atoms. The van der Waals surface area contributed by atoms with Crippen molar-refractivity contribution < 1.29 is 9.53 Å². The van der Waals surface area contributed by atoms with Crippen LogP contribution in [0.2, 0.25) is 0 Å². The predicted octanol–water partition coefficient (Wildman–Crippen LogP) is 0.544. The highest BCUT2D eigenvalue weighted by molar-refractivity contribution is 5.90. The van der Waals surface area contributed by atoms with E-state index < -0.39 is 5.91 Å². The molecule has 1 aromatic carbocycles. The number of primary amides is 1. The molecule has 6 heteroatoms. The van der Waals surface area contributed by atoms with Crippen LogP contribution in [0, 0.1) is 0 Å². The molecule has 18 heavy (non-hydrogen) atoms. The first-order valence-corrected chi connectivity index (χ1v) is 5.58. The minimum absolute atomic E-state index is 0.0585. The maximum Gasteiger partial charge on any atom is 0.243 e. The summed E-state index contributed by atoms with van der Waals surface area (Å²) in [5.41, 5.74) is 6.68. The molecule has 1 heterocycles. The quantitative estimate of drug-likeness (QED) is 0.726. The number of fused-ring (bicyclic) bond motifs is 1. The van der Waals surface area contributed by atoms with Crippen molar-refractivity contribution in [3.05, 3.63) is 30.5 Å². The van der Waals surface area contributed by atoms with Gasteiger partial charge in [-0.05, 0) is 6.07 Å². The van der Waals surface area contributed by atoms with Gasteiger partial charge < -0.3 is 15.8 Å². The number of carbonyl (C=O) groups excluding carboxylic acids is 1. The van der Waals surface area contributed by atoms with Gasteiger partial charge in [0, 0.05) is 11.9 Å². The Hall–Kier alpha value is -2.21. The number of nitrogens with zero attached hydrogens (tertiary/aromatic N) is 2. The number of hydrogen-bond donors (Lipinski definition) is 2. The van der Waals surface area contributed by atoms with E-state index in [0.29, 0.717) is 13.2 Å². The molecule has 0 bridgehead atoms. The minimum atomic E-state index is -0.467. The Labute approximate surface area is 104 Å². The van der Waals surface area contributed by atoms with Gasteiger partial charge in [-0.1, -0.05) is 18.2 Å². The van der Waals surface area contributed by atoms with Gasteiger partial charge in [-0.25, -0.2) is 0 Å². The number of hydrogen-bond acceptors (Lipinski definition) is 5. The minimum Gasteiger partial charge on any atom is -0.381 e. The fourth-order valence-corrected chi connectivity index (χ4v) is 1.58. The van der Waals surface area contributed by atoms with Gasteiger partial charge in [-0.15, -0.1) is 0 Å². The van der Waals surface area contributed by atoms with Gasteiger partial charge >= 0.3 is 0 Å². The molecule has 0 radical (unpaired) electrons. The van der Waals surface area contributed by atoms with Crippen molar-refractivity contribution in [1.29, 1.82) is 0 Å². The third-order valence-electron chi connectivity index (χ3n) is 2.35. The second kappa shape index (κ2) is 5.92.